The van der Waals surface area contributed by atoms with Gasteiger partial charge in [-0.15, -0.1) is 11.3 Å². The highest BCUT2D eigenvalue weighted by Crippen LogP contribution is 2.42. The predicted molar refractivity (Wildman–Crippen MR) is 156 cm³/mol. The molecule has 1 atom stereocenters. The van der Waals surface area contributed by atoms with Crippen LogP contribution in [0.1, 0.15) is 44.1 Å². The molecule has 2 aliphatic rings. The van der Waals surface area contributed by atoms with Crippen LogP contribution in [-0.2, 0) is 11.2 Å². The Morgan fingerprint density at radius 2 is 1.98 bits per heavy atom. The molecule has 0 radical (unpaired) electrons. The van der Waals surface area contributed by atoms with Crippen molar-refractivity contribution in [2.75, 3.05) is 35.2 Å². The lowest BCUT2D eigenvalue weighted by atomic mass is 10.1. The maximum Gasteiger partial charge on any atom is 0.276 e. The van der Waals surface area contributed by atoms with Crippen molar-refractivity contribution in [3.63, 3.8) is 0 Å². The quantitative estimate of drug-likeness (QED) is 0.291. The molecule has 40 heavy (non-hydrogen) atoms. The van der Waals surface area contributed by atoms with E-state index < -0.39 is 5.82 Å². The van der Waals surface area contributed by atoms with Gasteiger partial charge in [0.1, 0.15) is 17.3 Å². The van der Waals surface area contributed by atoms with Crippen LogP contribution in [0.25, 0.3) is 10.4 Å². The van der Waals surface area contributed by atoms with Crippen molar-refractivity contribution in [1.82, 2.24) is 4.98 Å². The van der Waals surface area contributed by atoms with E-state index in [4.69, 9.17) is 4.74 Å². The summed E-state index contributed by atoms with van der Waals surface area (Å²) in [4.78, 5) is 34.7. The van der Waals surface area contributed by atoms with Gasteiger partial charge in [-0.3, -0.25) is 9.59 Å². The second kappa shape index (κ2) is 11.2. The highest BCUT2D eigenvalue weighted by atomic mass is 32.1. The van der Waals surface area contributed by atoms with E-state index in [2.05, 4.69) is 15.6 Å². The Hall–Kier alpha value is -4.08. The molecule has 204 valence electrons. The van der Waals surface area contributed by atoms with Crippen molar-refractivity contribution in [3.8, 4) is 10.4 Å². The lowest BCUT2D eigenvalue weighted by Gasteiger charge is -2.23. The molecule has 1 saturated heterocycles. The molecule has 0 spiro atoms. The lowest BCUT2D eigenvalue weighted by molar-refractivity contribution is 0.0981. The van der Waals surface area contributed by atoms with Crippen LogP contribution in [0.5, 0.6) is 0 Å². The molecular weight excluding hydrogens is 527 g/mol. The van der Waals surface area contributed by atoms with E-state index in [1.54, 1.807) is 30.0 Å². The van der Waals surface area contributed by atoms with Crippen molar-refractivity contribution in [2.45, 2.75) is 32.3 Å². The normalized spacial score (nSPS) is 16.1. The number of hydrogen-bond acceptors (Lipinski definition) is 6. The van der Waals surface area contributed by atoms with E-state index in [-0.39, 0.29) is 23.6 Å². The number of carbonyl (C=O) groups is 2. The largest absolute Gasteiger partial charge is 0.376 e. The lowest BCUT2D eigenvalue weighted by Crippen LogP contribution is -2.33. The van der Waals surface area contributed by atoms with Gasteiger partial charge in [-0.2, -0.15) is 0 Å². The number of ether oxygens (including phenoxy) is 1. The van der Waals surface area contributed by atoms with Gasteiger partial charge in [-0.1, -0.05) is 36.4 Å². The summed E-state index contributed by atoms with van der Waals surface area (Å²) in [6.07, 6.45) is 2.82. The zero-order valence-corrected chi connectivity index (χ0v) is 22.9. The Kier molecular flexibility index (Phi) is 7.32. The molecule has 2 N–H and O–H groups in total. The number of para-hydroxylation sites is 2. The smallest absolute Gasteiger partial charge is 0.276 e. The summed E-state index contributed by atoms with van der Waals surface area (Å²) in [6.45, 7) is 3.64. The van der Waals surface area contributed by atoms with Crippen LogP contribution in [-0.4, -0.2) is 42.6 Å². The first kappa shape index (κ1) is 26.2. The van der Waals surface area contributed by atoms with Gasteiger partial charge in [0.15, 0.2) is 0 Å². The Morgan fingerprint density at radius 3 is 2.80 bits per heavy atom. The summed E-state index contributed by atoms with van der Waals surface area (Å²) in [5.74, 6) is -0.361. The van der Waals surface area contributed by atoms with Crippen LogP contribution in [0.4, 0.5) is 21.6 Å². The summed E-state index contributed by atoms with van der Waals surface area (Å²) in [5.41, 5.74) is 3.83. The Labute approximate surface area is 236 Å². The molecule has 4 heterocycles. The SMILES string of the molecule is Cc1cccc(F)c1NC(=O)c1cc2c(s1)-c1ccccc1N(C(=O)c1cccc(NCC3CCCO3)n1)CC2. The van der Waals surface area contributed by atoms with E-state index in [0.717, 1.165) is 41.1 Å². The standard InChI is InChI=1S/C31H29FN4O3S/c1-19-7-4-10-23(32)28(19)35-30(37)26-17-20-14-15-36(25-12-3-2-9-22(25)29(20)40-26)31(38)24-11-5-13-27(34-24)33-18-21-8-6-16-39-21/h2-5,7,9-13,17,21H,6,8,14-16,18H2,1H3,(H,33,34)(H,35,37). The Bertz CT molecular complexity index is 1560. The second-order valence-corrected chi connectivity index (χ2v) is 11.1. The molecule has 2 amide bonds. The van der Waals surface area contributed by atoms with Crippen molar-refractivity contribution >= 4 is 40.3 Å². The van der Waals surface area contributed by atoms with Crippen molar-refractivity contribution in [2.24, 2.45) is 0 Å². The molecule has 0 saturated carbocycles. The number of halogens is 1. The van der Waals surface area contributed by atoms with Gasteiger partial charge in [0.2, 0.25) is 0 Å². The molecule has 2 aromatic heterocycles. The molecule has 7 nitrogen and oxygen atoms in total. The number of aryl methyl sites for hydroxylation is 1. The molecule has 0 bridgehead atoms. The van der Waals surface area contributed by atoms with Gasteiger partial charge < -0.3 is 20.3 Å². The summed E-state index contributed by atoms with van der Waals surface area (Å²) < 4.78 is 20.0. The van der Waals surface area contributed by atoms with E-state index >= 15 is 0 Å². The average Bonchev–Trinajstić information content (AvgIpc) is 3.62. The molecule has 6 rings (SSSR count). The number of aromatic nitrogens is 1. The molecule has 0 aliphatic carbocycles. The number of thiophene rings is 1. The number of benzene rings is 2. The van der Waals surface area contributed by atoms with Crippen LogP contribution in [0.2, 0.25) is 0 Å². The van der Waals surface area contributed by atoms with Gasteiger partial charge in [0, 0.05) is 30.1 Å². The zero-order chi connectivity index (χ0) is 27.6. The summed E-state index contributed by atoms with van der Waals surface area (Å²) in [6, 6.07) is 19.7. The molecular formula is C31H29FN4O3S. The van der Waals surface area contributed by atoms with Crippen LogP contribution >= 0.6 is 11.3 Å². The third-order valence-electron chi connectivity index (χ3n) is 7.29. The monoisotopic (exact) mass is 556 g/mol. The second-order valence-electron chi connectivity index (χ2n) is 10.00. The van der Waals surface area contributed by atoms with Crippen molar-refractivity contribution in [1.29, 1.82) is 0 Å². The maximum atomic E-state index is 14.3. The first-order valence-electron chi connectivity index (χ1n) is 13.4. The number of rotatable bonds is 6. The number of carbonyl (C=O) groups excluding carboxylic acids is 2. The molecule has 1 fully saturated rings. The highest BCUT2D eigenvalue weighted by molar-refractivity contribution is 7.17. The maximum absolute atomic E-state index is 14.3. The minimum absolute atomic E-state index is 0.167. The van der Waals surface area contributed by atoms with Gasteiger partial charge in [-0.05, 0) is 67.6 Å². The minimum atomic E-state index is -0.467. The van der Waals surface area contributed by atoms with Gasteiger partial charge >= 0.3 is 0 Å². The topological polar surface area (TPSA) is 83.6 Å². The average molecular weight is 557 g/mol. The number of nitrogens with zero attached hydrogens (tertiary/aromatic N) is 2. The first-order valence-corrected chi connectivity index (χ1v) is 14.2. The van der Waals surface area contributed by atoms with Gasteiger partial charge in [-0.25, -0.2) is 9.37 Å². The Balaban J connectivity index is 1.25. The zero-order valence-electron chi connectivity index (χ0n) is 22.1. The van der Waals surface area contributed by atoms with Crippen LogP contribution in [0.15, 0.2) is 66.7 Å². The van der Waals surface area contributed by atoms with Crippen LogP contribution in [0.3, 0.4) is 0 Å². The fourth-order valence-corrected chi connectivity index (χ4v) is 6.34. The van der Waals surface area contributed by atoms with Gasteiger partial charge in [0.05, 0.1) is 22.4 Å². The van der Waals surface area contributed by atoms with E-state index in [9.17, 15) is 14.0 Å². The first-order chi connectivity index (χ1) is 19.5. The number of hydrogen-bond donors (Lipinski definition) is 2. The van der Waals surface area contributed by atoms with Crippen molar-refractivity contribution in [3.05, 3.63) is 94.2 Å². The third kappa shape index (κ3) is 5.22. The minimum Gasteiger partial charge on any atom is -0.376 e. The molecule has 2 aliphatic heterocycles. The molecule has 2 aromatic carbocycles. The number of nitrogens with one attached hydrogen (secondary N) is 2. The highest BCUT2D eigenvalue weighted by Gasteiger charge is 2.28. The van der Waals surface area contributed by atoms with Gasteiger partial charge in [0.25, 0.3) is 11.8 Å². The van der Waals surface area contributed by atoms with E-state index in [1.807, 2.05) is 42.5 Å². The molecule has 4 aromatic rings. The number of pyridine rings is 1. The molecule has 9 heteroatoms. The number of anilines is 3. The fraction of sp³-hybridized carbons (Fsp3) is 0.258. The predicted octanol–water partition coefficient (Wildman–Crippen LogP) is 6.30. The van der Waals surface area contributed by atoms with Crippen LogP contribution in [0, 0.1) is 12.7 Å². The van der Waals surface area contributed by atoms with E-state index in [0.29, 0.717) is 41.5 Å². The number of amides is 2. The number of fused-ring (bicyclic) bond motifs is 3. The third-order valence-corrected chi connectivity index (χ3v) is 8.50. The summed E-state index contributed by atoms with van der Waals surface area (Å²) in [5, 5.41) is 6.04. The van der Waals surface area contributed by atoms with Crippen LogP contribution < -0.4 is 15.5 Å². The summed E-state index contributed by atoms with van der Waals surface area (Å²) >= 11 is 1.35. The Morgan fingerprint density at radius 1 is 1.12 bits per heavy atom. The van der Waals surface area contributed by atoms with E-state index in [1.165, 1.54) is 17.4 Å². The molecule has 1 unspecified atom stereocenters. The van der Waals surface area contributed by atoms with Crippen molar-refractivity contribution < 1.29 is 18.7 Å². The summed E-state index contributed by atoms with van der Waals surface area (Å²) in [7, 11) is 0. The fourth-order valence-electron chi connectivity index (χ4n) is 5.20.